The van der Waals surface area contributed by atoms with Crippen molar-refractivity contribution in [3.05, 3.63) is 24.3 Å². The van der Waals surface area contributed by atoms with Gasteiger partial charge in [-0.15, -0.1) is 4.72 Å². The van der Waals surface area contributed by atoms with E-state index in [2.05, 4.69) is 11.6 Å². The summed E-state index contributed by atoms with van der Waals surface area (Å²) < 4.78 is 33.7. The molecular weight excluding hydrogens is 358 g/mol. The molecule has 4 nitrogen and oxygen atoms in total. The van der Waals surface area contributed by atoms with Crippen molar-refractivity contribution >= 4 is 10.0 Å². The SMILES string of the molecule is CCCCCCCCCCCCOc1ccc(S(=O)(=O)[N]CCCC)cc1. The van der Waals surface area contributed by atoms with Gasteiger partial charge in [0.15, 0.2) is 0 Å². The molecule has 1 aromatic rings. The van der Waals surface area contributed by atoms with Crippen molar-refractivity contribution in [3.8, 4) is 5.75 Å². The van der Waals surface area contributed by atoms with E-state index in [1.165, 1.54) is 57.8 Å². The van der Waals surface area contributed by atoms with Crippen LogP contribution in [0.1, 0.15) is 90.9 Å². The maximum Gasteiger partial charge on any atom is 0.256 e. The summed E-state index contributed by atoms with van der Waals surface area (Å²) in [7, 11) is -3.53. The molecule has 1 radical (unpaired) electrons. The lowest BCUT2D eigenvalue weighted by atomic mass is 10.1. The first-order valence-electron chi connectivity index (χ1n) is 10.8. The highest BCUT2D eigenvalue weighted by Gasteiger charge is 2.14. The molecule has 0 unspecified atom stereocenters. The lowest BCUT2D eigenvalue weighted by Crippen LogP contribution is -2.17. The molecule has 0 bridgehead atoms. The van der Waals surface area contributed by atoms with Crippen LogP contribution in [0.2, 0.25) is 0 Å². The van der Waals surface area contributed by atoms with E-state index in [-0.39, 0.29) is 4.90 Å². The Balaban J connectivity index is 2.12. The molecule has 1 rings (SSSR count). The molecule has 0 fully saturated rings. The molecule has 0 saturated heterocycles. The highest BCUT2D eigenvalue weighted by molar-refractivity contribution is 7.89. The molecule has 0 N–H and O–H groups in total. The molecule has 0 amide bonds. The average molecular weight is 397 g/mol. The van der Waals surface area contributed by atoms with Crippen LogP contribution in [0.4, 0.5) is 0 Å². The van der Waals surface area contributed by atoms with Crippen LogP contribution in [0.15, 0.2) is 29.2 Å². The van der Waals surface area contributed by atoms with Gasteiger partial charge >= 0.3 is 0 Å². The van der Waals surface area contributed by atoms with Crippen LogP contribution < -0.4 is 9.46 Å². The molecule has 0 aromatic heterocycles. The number of benzene rings is 1. The minimum Gasteiger partial charge on any atom is -0.494 e. The van der Waals surface area contributed by atoms with Crippen molar-refractivity contribution in [3.63, 3.8) is 0 Å². The van der Waals surface area contributed by atoms with Crippen molar-refractivity contribution in [1.29, 1.82) is 0 Å². The number of sulfonamides is 1. The van der Waals surface area contributed by atoms with E-state index >= 15 is 0 Å². The van der Waals surface area contributed by atoms with Gasteiger partial charge in [-0.3, -0.25) is 0 Å². The maximum absolute atomic E-state index is 12.1. The van der Waals surface area contributed by atoms with Crippen molar-refractivity contribution in [2.75, 3.05) is 13.2 Å². The van der Waals surface area contributed by atoms with Crippen molar-refractivity contribution in [1.82, 2.24) is 4.72 Å². The normalized spacial score (nSPS) is 11.6. The Kier molecular flexibility index (Phi) is 13.2. The first-order valence-corrected chi connectivity index (χ1v) is 12.2. The predicted molar refractivity (Wildman–Crippen MR) is 113 cm³/mol. The summed E-state index contributed by atoms with van der Waals surface area (Å²) in [5, 5.41) is 0. The third-order valence-corrected chi connectivity index (χ3v) is 6.05. The fraction of sp³-hybridized carbons (Fsp3) is 0.727. The maximum atomic E-state index is 12.1. The van der Waals surface area contributed by atoms with Crippen LogP contribution in [-0.4, -0.2) is 21.6 Å². The van der Waals surface area contributed by atoms with Crippen LogP contribution in [0.3, 0.4) is 0 Å². The van der Waals surface area contributed by atoms with E-state index in [0.29, 0.717) is 13.2 Å². The molecule has 0 saturated carbocycles. The largest absolute Gasteiger partial charge is 0.494 e. The van der Waals surface area contributed by atoms with Gasteiger partial charge in [0.1, 0.15) is 5.75 Å². The van der Waals surface area contributed by atoms with E-state index < -0.39 is 10.0 Å². The second-order valence-electron chi connectivity index (χ2n) is 7.18. The molecule has 0 heterocycles. The first kappa shape index (κ1) is 24.0. The fourth-order valence-electron chi connectivity index (χ4n) is 2.90. The van der Waals surface area contributed by atoms with E-state index in [1.54, 1.807) is 24.3 Å². The quantitative estimate of drug-likeness (QED) is 0.300. The van der Waals surface area contributed by atoms with Crippen LogP contribution in [0, 0.1) is 0 Å². The second-order valence-corrected chi connectivity index (χ2v) is 8.86. The third-order valence-electron chi connectivity index (χ3n) is 4.66. The van der Waals surface area contributed by atoms with Crippen LogP contribution >= 0.6 is 0 Å². The van der Waals surface area contributed by atoms with Crippen LogP contribution in [0.5, 0.6) is 5.75 Å². The Morgan fingerprint density at radius 1 is 0.741 bits per heavy atom. The topological polar surface area (TPSA) is 57.5 Å². The minimum absolute atomic E-state index is 0.241. The summed E-state index contributed by atoms with van der Waals surface area (Å²) in [6.07, 6.45) is 14.7. The Bertz CT molecular complexity index is 570. The van der Waals surface area contributed by atoms with Gasteiger partial charge in [-0.1, -0.05) is 78.1 Å². The van der Waals surface area contributed by atoms with Gasteiger partial charge in [0.25, 0.3) is 10.0 Å². The summed E-state index contributed by atoms with van der Waals surface area (Å²) in [6.45, 7) is 5.31. The Morgan fingerprint density at radius 2 is 1.26 bits per heavy atom. The van der Waals surface area contributed by atoms with Gasteiger partial charge in [-0.05, 0) is 37.1 Å². The zero-order valence-electron chi connectivity index (χ0n) is 17.3. The Labute approximate surface area is 167 Å². The summed E-state index contributed by atoms with van der Waals surface area (Å²) in [5.74, 6) is 0.721. The Morgan fingerprint density at radius 3 is 1.81 bits per heavy atom. The van der Waals surface area contributed by atoms with Gasteiger partial charge in [0.05, 0.1) is 11.5 Å². The molecule has 0 aliphatic carbocycles. The molecule has 0 atom stereocenters. The molecule has 5 heteroatoms. The number of nitrogens with zero attached hydrogens (tertiary/aromatic N) is 1. The molecule has 0 aliphatic rings. The number of unbranched alkanes of at least 4 members (excludes halogenated alkanes) is 10. The average Bonchev–Trinajstić information content (AvgIpc) is 2.66. The van der Waals surface area contributed by atoms with Crippen molar-refractivity contribution < 1.29 is 13.2 Å². The van der Waals surface area contributed by atoms with Crippen molar-refractivity contribution in [2.24, 2.45) is 0 Å². The van der Waals surface area contributed by atoms with Gasteiger partial charge in [-0.2, -0.15) is 0 Å². The third kappa shape index (κ3) is 11.4. The highest BCUT2D eigenvalue weighted by atomic mass is 32.2. The summed E-state index contributed by atoms with van der Waals surface area (Å²) in [5.41, 5.74) is 0. The zero-order valence-corrected chi connectivity index (χ0v) is 18.1. The lowest BCUT2D eigenvalue weighted by Gasteiger charge is -2.08. The number of hydrogen-bond donors (Lipinski definition) is 0. The van der Waals surface area contributed by atoms with Crippen LogP contribution in [0.25, 0.3) is 0 Å². The number of rotatable bonds is 17. The van der Waals surface area contributed by atoms with Gasteiger partial charge in [-0.25, -0.2) is 8.42 Å². The molecule has 1 aromatic carbocycles. The molecule has 0 spiro atoms. The van der Waals surface area contributed by atoms with E-state index in [1.807, 2.05) is 6.92 Å². The summed E-state index contributed by atoms with van der Waals surface area (Å²) in [6, 6.07) is 6.61. The standard InChI is InChI=1S/C22H38NO3S/c1-3-5-7-8-9-10-11-12-13-14-20-26-21-15-17-22(18-16-21)27(24,25)23-19-6-4-2/h15-18H,3-14,19-20H2,1-2H3. The van der Waals surface area contributed by atoms with Gasteiger partial charge < -0.3 is 4.74 Å². The van der Waals surface area contributed by atoms with E-state index in [4.69, 9.17) is 4.74 Å². The van der Waals surface area contributed by atoms with Crippen LogP contribution in [-0.2, 0) is 10.0 Å². The molecule has 27 heavy (non-hydrogen) atoms. The number of hydrogen-bond acceptors (Lipinski definition) is 3. The van der Waals surface area contributed by atoms with E-state index in [9.17, 15) is 8.42 Å². The lowest BCUT2D eigenvalue weighted by molar-refractivity contribution is 0.304. The second kappa shape index (κ2) is 14.9. The smallest absolute Gasteiger partial charge is 0.256 e. The fourth-order valence-corrected chi connectivity index (χ4v) is 3.90. The monoisotopic (exact) mass is 396 g/mol. The molecular formula is C22H38NO3S. The minimum atomic E-state index is -3.53. The number of ether oxygens (including phenoxy) is 1. The highest BCUT2D eigenvalue weighted by Crippen LogP contribution is 2.17. The van der Waals surface area contributed by atoms with Crippen molar-refractivity contribution in [2.45, 2.75) is 95.8 Å². The summed E-state index contributed by atoms with van der Waals surface area (Å²) >= 11 is 0. The van der Waals surface area contributed by atoms with Gasteiger partial charge in [0.2, 0.25) is 0 Å². The Hall–Kier alpha value is -1.07. The predicted octanol–water partition coefficient (Wildman–Crippen LogP) is 6.08. The summed E-state index contributed by atoms with van der Waals surface area (Å²) in [4.78, 5) is 0.241. The van der Waals surface area contributed by atoms with Gasteiger partial charge in [0, 0.05) is 6.54 Å². The first-order chi connectivity index (χ1) is 13.1. The molecule has 0 aliphatic heterocycles. The molecule has 155 valence electrons. The zero-order chi connectivity index (χ0) is 19.8. The van der Waals surface area contributed by atoms with E-state index in [0.717, 1.165) is 25.0 Å².